The van der Waals surface area contributed by atoms with Crippen molar-refractivity contribution >= 4 is 28.4 Å². The minimum atomic E-state index is -0.132. The Morgan fingerprint density at radius 1 is 1.38 bits per heavy atom. The summed E-state index contributed by atoms with van der Waals surface area (Å²) < 4.78 is 7.27. The molecular weight excluding hydrogens is 326 g/mol. The fourth-order valence-corrected chi connectivity index (χ4v) is 3.96. The highest BCUT2D eigenvalue weighted by Crippen LogP contribution is 2.31. The first-order valence-corrected chi connectivity index (χ1v) is 8.66. The van der Waals surface area contributed by atoms with E-state index in [1.165, 1.54) is 0 Å². The summed E-state index contributed by atoms with van der Waals surface area (Å²) in [5.74, 6) is -0.132. The molecule has 2 heterocycles. The molecule has 0 atom stereocenters. The van der Waals surface area contributed by atoms with Crippen LogP contribution in [0.4, 0.5) is 0 Å². The van der Waals surface area contributed by atoms with E-state index in [2.05, 4.69) is 10.6 Å². The van der Waals surface area contributed by atoms with E-state index in [0.29, 0.717) is 23.9 Å². The molecule has 130 valence electrons. The van der Waals surface area contributed by atoms with E-state index in [-0.39, 0.29) is 11.3 Å². The Balaban J connectivity index is 1.80. The number of para-hydroxylation sites is 1. The van der Waals surface area contributed by atoms with Gasteiger partial charge in [-0.15, -0.1) is 0 Å². The second kappa shape index (κ2) is 7.13. The number of amides is 1. The molecule has 1 saturated heterocycles. The fourth-order valence-electron chi connectivity index (χ4n) is 3.59. The number of ether oxygens (including phenoxy) is 1. The summed E-state index contributed by atoms with van der Waals surface area (Å²) in [6, 6.07) is 7.78. The van der Waals surface area contributed by atoms with E-state index in [1.807, 2.05) is 35.9 Å². The molecule has 1 aliphatic rings. The Labute approximate surface area is 147 Å². The predicted molar refractivity (Wildman–Crippen MR) is 96.7 cm³/mol. The number of hydrogen-bond acceptors (Lipinski definition) is 3. The van der Waals surface area contributed by atoms with Gasteiger partial charge >= 0.3 is 0 Å². The molecule has 1 fully saturated rings. The molecule has 0 saturated carbocycles. The van der Waals surface area contributed by atoms with Gasteiger partial charge in [0.15, 0.2) is 0 Å². The first kappa shape index (κ1) is 17.3. The number of carbonyl (C=O) groups is 1. The van der Waals surface area contributed by atoms with Crippen LogP contribution in [-0.4, -0.2) is 43.8 Å². The molecule has 0 bridgehead atoms. The van der Waals surface area contributed by atoms with E-state index in [4.69, 9.17) is 16.3 Å². The van der Waals surface area contributed by atoms with Crippen LogP contribution < -0.4 is 10.6 Å². The smallest absolute Gasteiger partial charge is 0.269 e. The first-order chi connectivity index (χ1) is 11.6. The number of aryl methyl sites for hydroxylation is 1. The zero-order chi connectivity index (χ0) is 17.2. The normalized spacial score (nSPS) is 17.1. The largest absolute Gasteiger partial charge is 0.384 e. The molecule has 0 spiro atoms. The van der Waals surface area contributed by atoms with Crippen LogP contribution in [0.15, 0.2) is 24.3 Å². The van der Waals surface area contributed by atoms with Gasteiger partial charge in [0.2, 0.25) is 0 Å². The number of piperidine rings is 1. The summed E-state index contributed by atoms with van der Waals surface area (Å²) in [7, 11) is 3.59. The van der Waals surface area contributed by atoms with Gasteiger partial charge < -0.3 is 19.9 Å². The van der Waals surface area contributed by atoms with Crippen molar-refractivity contribution in [1.29, 1.82) is 0 Å². The second-order valence-electron chi connectivity index (χ2n) is 6.60. The van der Waals surface area contributed by atoms with Crippen LogP contribution in [0.25, 0.3) is 10.9 Å². The number of rotatable bonds is 5. The van der Waals surface area contributed by atoms with Crippen molar-refractivity contribution in [3.05, 3.63) is 35.0 Å². The minimum Gasteiger partial charge on any atom is -0.384 e. The second-order valence-corrected chi connectivity index (χ2v) is 6.98. The molecule has 1 aliphatic heterocycles. The number of methoxy groups -OCH3 is 1. The van der Waals surface area contributed by atoms with Gasteiger partial charge in [-0.2, -0.15) is 0 Å². The Hall–Kier alpha value is -1.56. The maximum absolute atomic E-state index is 12.8. The number of hydrogen-bond donors (Lipinski definition) is 2. The van der Waals surface area contributed by atoms with Crippen molar-refractivity contribution in [2.45, 2.75) is 12.8 Å². The summed E-state index contributed by atoms with van der Waals surface area (Å²) in [6.07, 6.45) is 1.98. The summed E-state index contributed by atoms with van der Waals surface area (Å²) >= 11 is 6.46. The summed E-state index contributed by atoms with van der Waals surface area (Å²) in [5, 5.41) is 7.86. The van der Waals surface area contributed by atoms with E-state index in [0.717, 1.165) is 36.8 Å². The first-order valence-electron chi connectivity index (χ1n) is 8.29. The zero-order valence-corrected chi connectivity index (χ0v) is 14.9. The van der Waals surface area contributed by atoms with Crippen LogP contribution in [0.3, 0.4) is 0 Å². The van der Waals surface area contributed by atoms with Gasteiger partial charge in [-0.25, -0.2) is 0 Å². The molecule has 1 amide bonds. The quantitative estimate of drug-likeness (QED) is 0.872. The highest BCUT2D eigenvalue weighted by molar-refractivity contribution is 6.38. The standard InChI is InChI=1S/C18H24ClN3O2/c1-22-14-6-4-3-5-13(14)15(19)16(22)17(23)21-11-18(12-24-2)7-9-20-10-8-18/h3-6,20H,7-12H2,1-2H3,(H,21,23). The van der Waals surface area contributed by atoms with Gasteiger partial charge in [-0.05, 0) is 32.0 Å². The van der Waals surface area contributed by atoms with Crippen LogP contribution in [0.5, 0.6) is 0 Å². The molecule has 3 rings (SSSR count). The number of nitrogens with one attached hydrogen (secondary N) is 2. The highest BCUT2D eigenvalue weighted by atomic mass is 35.5. The highest BCUT2D eigenvalue weighted by Gasteiger charge is 2.33. The number of fused-ring (bicyclic) bond motifs is 1. The number of carbonyl (C=O) groups excluding carboxylic acids is 1. The van der Waals surface area contributed by atoms with Crippen molar-refractivity contribution < 1.29 is 9.53 Å². The van der Waals surface area contributed by atoms with Crippen LogP contribution >= 0.6 is 11.6 Å². The zero-order valence-electron chi connectivity index (χ0n) is 14.2. The number of nitrogens with zero attached hydrogens (tertiary/aromatic N) is 1. The fraction of sp³-hybridized carbons (Fsp3) is 0.500. The van der Waals surface area contributed by atoms with Gasteiger partial charge in [-0.3, -0.25) is 4.79 Å². The molecule has 1 aromatic heterocycles. The molecule has 5 nitrogen and oxygen atoms in total. The lowest BCUT2D eigenvalue weighted by Gasteiger charge is -2.37. The molecule has 0 unspecified atom stereocenters. The third kappa shape index (κ3) is 3.16. The van der Waals surface area contributed by atoms with E-state index in [1.54, 1.807) is 7.11 Å². The molecule has 24 heavy (non-hydrogen) atoms. The maximum Gasteiger partial charge on any atom is 0.269 e. The average molecular weight is 350 g/mol. The van der Waals surface area contributed by atoms with Gasteiger partial charge in [0.25, 0.3) is 5.91 Å². The van der Waals surface area contributed by atoms with Gasteiger partial charge in [0.1, 0.15) is 5.69 Å². The van der Waals surface area contributed by atoms with Crippen molar-refractivity contribution in [1.82, 2.24) is 15.2 Å². The van der Waals surface area contributed by atoms with Crippen LogP contribution in [-0.2, 0) is 11.8 Å². The molecule has 0 radical (unpaired) electrons. The third-order valence-electron chi connectivity index (χ3n) is 5.00. The maximum atomic E-state index is 12.8. The SMILES string of the molecule is COCC1(CNC(=O)c2c(Cl)c3ccccc3n2C)CCNCC1. The van der Waals surface area contributed by atoms with E-state index < -0.39 is 0 Å². The van der Waals surface area contributed by atoms with Crippen molar-refractivity contribution in [3.8, 4) is 0 Å². The van der Waals surface area contributed by atoms with Crippen molar-refractivity contribution in [2.24, 2.45) is 12.5 Å². The van der Waals surface area contributed by atoms with Crippen LogP contribution in [0, 0.1) is 5.41 Å². The minimum absolute atomic E-state index is 0.00722. The third-order valence-corrected chi connectivity index (χ3v) is 5.38. The lowest BCUT2D eigenvalue weighted by atomic mass is 9.79. The van der Waals surface area contributed by atoms with Crippen molar-refractivity contribution in [3.63, 3.8) is 0 Å². The van der Waals surface area contributed by atoms with Gasteiger partial charge in [0.05, 0.1) is 11.6 Å². The monoisotopic (exact) mass is 349 g/mol. The number of halogens is 1. The average Bonchev–Trinajstić information content (AvgIpc) is 2.86. The summed E-state index contributed by atoms with van der Waals surface area (Å²) in [6.45, 7) is 3.15. The lowest BCUT2D eigenvalue weighted by Crippen LogP contribution is -2.47. The van der Waals surface area contributed by atoms with Gasteiger partial charge in [0, 0.05) is 37.0 Å². The van der Waals surface area contributed by atoms with Crippen LogP contribution in [0.2, 0.25) is 5.02 Å². The topological polar surface area (TPSA) is 55.3 Å². The Bertz CT molecular complexity index is 691. The summed E-state index contributed by atoms with van der Waals surface area (Å²) in [4.78, 5) is 12.8. The van der Waals surface area contributed by atoms with E-state index in [9.17, 15) is 4.79 Å². The van der Waals surface area contributed by atoms with E-state index >= 15 is 0 Å². The van der Waals surface area contributed by atoms with Crippen molar-refractivity contribution in [2.75, 3.05) is 33.4 Å². The molecule has 2 aromatic rings. The Morgan fingerprint density at radius 3 is 2.75 bits per heavy atom. The molecule has 1 aromatic carbocycles. The Morgan fingerprint density at radius 2 is 2.08 bits per heavy atom. The number of aromatic nitrogens is 1. The molecule has 2 N–H and O–H groups in total. The lowest BCUT2D eigenvalue weighted by molar-refractivity contribution is 0.0510. The molecule has 6 heteroatoms. The summed E-state index contributed by atoms with van der Waals surface area (Å²) in [5.41, 5.74) is 1.47. The number of benzene rings is 1. The van der Waals surface area contributed by atoms with Crippen LogP contribution in [0.1, 0.15) is 23.3 Å². The molecular formula is C18H24ClN3O2. The predicted octanol–water partition coefficient (Wildman–Crippen LogP) is 2.58. The molecule has 0 aliphatic carbocycles. The Kier molecular flexibility index (Phi) is 5.13. The van der Waals surface area contributed by atoms with Gasteiger partial charge in [-0.1, -0.05) is 29.8 Å².